The lowest BCUT2D eigenvalue weighted by molar-refractivity contribution is -0.116. The lowest BCUT2D eigenvalue weighted by Crippen LogP contribution is -2.23. The average Bonchev–Trinajstić information content (AvgIpc) is 3.05. The standard InChI is InChI=1S/C28H26N2O4/c1-33-24-14-12-18(16-25(24)34-2)27-26-21(9-6-10-23(26)31)29-22-15-19(11-13-20(22)30-27)28(32)17-7-4-3-5-8-17/h3-5,7-8,11-16,27,29-30H,6,9-10H2,1-2H3/t27-/m1/s1. The van der Waals surface area contributed by atoms with Gasteiger partial charge >= 0.3 is 0 Å². The van der Waals surface area contributed by atoms with Gasteiger partial charge in [0.2, 0.25) is 0 Å². The number of hydrogen-bond donors (Lipinski definition) is 2. The van der Waals surface area contributed by atoms with Gasteiger partial charge in [-0.15, -0.1) is 0 Å². The zero-order chi connectivity index (χ0) is 23.7. The van der Waals surface area contributed by atoms with E-state index in [2.05, 4.69) is 10.6 Å². The van der Waals surface area contributed by atoms with E-state index in [1.54, 1.807) is 14.2 Å². The van der Waals surface area contributed by atoms with E-state index in [4.69, 9.17) is 9.47 Å². The van der Waals surface area contributed by atoms with Gasteiger partial charge in [-0.3, -0.25) is 9.59 Å². The van der Waals surface area contributed by atoms with E-state index < -0.39 is 0 Å². The third-order valence-electron chi connectivity index (χ3n) is 6.39. The van der Waals surface area contributed by atoms with Gasteiger partial charge < -0.3 is 20.1 Å². The molecule has 34 heavy (non-hydrogen) atoms. The minimum Gasteiger partial charge on any atom is -0.493 e. The van der Waals surface area contributed by atoms with E-state index in [-0.39, 0.29) is 17.6 Å². The first-order chi connectivity index (χ1) is 16.6. The van der Waals surface area contributed by atoms with E-state index in [1.807, 2.05) is 66.7 Å². The van der Waals surface area contributed by atoms with Gasteiger partial charge in [-0.25, -0.2) is 0 Å². The zero-order valence-corrected chi connectivity index (χ0v) is 19.2. The molecule has 0 saturated heterocycles. The van der Waals surface area contributed by atoms with Crippen molar-refractivity contribution in [1.29, 1.82) is 0 Å². The highest BCUT2D eigenvalue weighted by Crippen LogP contribution is 2.42. The zero-order valence-electron chi connectivity index (χ0n) is 19.2. The summed E-state index contributed by atoms with van der Waals surface area (Å²) in [6, 6.07) is 20.2. The Labute approximate surface area is 198 Å². The molecule has 0 bridgehead atoms. The molecule has 1 aliphatic heterocycles. The van der Waals surface area contributed by atoms with Crippen LogP contribution in [0.3, 0.4) is 0 Å². The maximum absolute atomic E-state index is 13.1. The van der Waals surface area contributed by atoms with E-state index in [9.17, 15) is 9.59 Å². The van der Waals surface area contributed by atoms with Gasteiger partial charge in [0, 0.05) is 28.8 Å². The van der Waals surface area contributed by atoms with Gasteiger partial charge in [0.25, 0.3) is 0 Å². The molecular formula is C28H26N2O4. The molecule has 1 heterocycles. The highest BCUT2D eigenvalue weighted by molar-refractivity contribution is 6.10. The predicted octanol–water partition coefficient (Wildman–Crippen LogP) is 5.52. The first-order valence-corrected chi connectivity index (χ1v) is 11.3. The number of fused-ring (bicyclic) bond motifs is 1. The number of carbonyl (C=O) groups excluding carboxylic acids is 2. The van der Waals surface area contributed by atoms with Crippen molar-refractivity contribution in [3.63, 3.8) is 0 Å². The second-order valence-electron chi connectivity index (χ2n) is 8.44. The molecular weight excluding hydrogens is 428 g/mol. The summed E-state index contributed by atoms with van der Waals surface area (Å²) in [5.41, 5.74) is 5.36. The van der Waals surface area contributed by atoms with Crippen LogP contribution < -0.4 is 20.1 Å². The van der Waals surface area contributed by atoms with Gasteiger partial charge in [0.05, 0.1) is 31.6 Å². The summed E-state index contributed by atoms with van der Waals surface area (Å²) in [4.78, 5) is 26.1. The molecule has 0 fully saturated rings. The largest absolute Gasteiger partial charge is 0.493 e. The summed E-state index contributed by atoms with van der Waals surface area (Å²) in [5.74, 6) is 1.31. The maximum atomic E-state index is 13.1. The smallest absolute Gasteiger partial charge is 0.193 e. The third-order valence-corrected chi connectivity index (χ3v) is 6.39. The molecule has 2 aliphatic rings. The van der Waals surface area contributed by atoms with Crippen LogP contribution in [0.4, 0.5) is 11.4 Å². The van der Waals surface area contributed by atoms with E-state index in [1.165, 1.54) is 0 Å². The van der Waals surface area contributed by atoms with Crippen molar-refractivity contribution >= 4 is 22.9 Å². The number of ether oxygens (including phenoxy) is 2. The molecule has 3 aromatic carbocycles. The molecule has 0 unspecified atom stereocenters. The molecule has 0 saturated carbocycles. The second kappa shape index (κ2) is 9.06. The number of carbonyl (C=O) groups is 2. The minimum absolute atomic E-state index is 0.0418. The molecule has 3 aromatic rings. The van der Waals surface area contributed by atoms with Gasteiger partial charge in [0.1, 0.15) is 0 Å². The molecule has 0 spiro atoms. The fraction of sp³-hybridized carbons (Fsp3) is 0.214. The maximum Gasteiger partial charge on any atom is 0.193 e. The van der Waals surface area contributed by atoms with Crippen molar-refractivity contribution in [3.05, 3.63) is 94.7 Å². The summed E-state index contributed by atoms with van der Waals surface area (Å²) in [6.07, 6.45) is 2.07. The summed E-state index contributed by atoms with van der Waals surface area (Å²) in [7, 11) is 3.20. The van der Waals surface area contributed by atoms with Crippen molar-refractivity contribution in [1.82, 2.24) is 0 Å². The normalized spacial score (nSPS) is 17.0. The summed E-state index contributed by atoms with van der Waals surface area (Å²) >= 11 is 0. The second-order valence-corrected chi connectivity index (χ2v) is 8.44. The van der Waals surface area contributed by atoms with Crippen LogP contribution in [0.2, 0.25) is 0 Å². The molecule has 6 nitrogen and oxygen atoms in total. The highest BCUT2D eigenvalue weighted by Gasteiger charge is 2.32. The Balaban J connectivity index is 1.58. The Hall–Kier alpha value is -4.06. The van der Waals surface area contributed by atoms with Crippen molar-refractivity contribution in [3.8, 4) is 11.5 Å². The Morgan fingerprint density at radius 2 is 1.65 bits per heavy atom. The third kappa shape index (κ3) is 3.92. The monoisotopic (exact) mass is 454 g/mol. The number of benzene rings is 3. The Morgan fingerprint density at radius 3 is 2.41 bits per heavy atom. The molecule has 6 heteroatoms. The number of hydrogen-bond acceptors (Lipinski definition) is 6. The molecule has 1 aliphatic carbocycles. The topological polar surface area (TPSA) is 76.7 Å². The summed E-state index contributed by atoms with van der Waals surface area (Å²) in [6.45, 7) is 0. The SMILES string of the molecule is COc1ccc([C@H]2Nc3ccc(C(=O)c4ccccc4)cc3NC3=C2C(=O)CCC3)cc1OC. The molecule has 172 valence electrons. The first kappa shape index (κ1) is 21.8. The van der Waals surface area contributed by atoms with Gasteiger partial charge in [0.15, 0.2) is 23.1 Å². The van der Waals surface area contributed by atoms with Crippen molar-refractivity contribution in [2.24, 2.45) is 0 Å². The fourth-order valence-electron chi connectivity index (χ4n) is 4.67. The number of allylic oxidation sites excluding steroid dienone is 1. The van der Waals surface area contributed by atoms with Gasteiger partial charge in [-0.05, 0) is 48.7 Å². The predicted molar refractivity (Wildman–Crippen MR) is 132 cm³/mol. The molecule has 1 atom stereocenters. The van der Waals surface area contributed by atoms with Crippen LogP contribution in [0, 0.1) is 0 Å². The number of Topliss-reactive ketones (excluding diaryl/α,β-unsaturated/α-hetero) is 1. The van der Waals surface area contributed by atoms with Gasteiger partial charge in [-0.2, -0.15) is 0 Å². The van der Waals surface area contributed by atoms with Crippen LogP contribution in [0.1, 0.15) is 46.8 Å². The summed E-state index contributed by atoms with van der Waals surface area (Å²) < 4.78 is 10.9. The molecule has 2 N–H and O–H groups in total. The lowest BCUT2D eigenvalue weighted by Gasteiger charge is -2.26. The van der Waals surface area contributed by atoms with Crippen LogP contribution in [0.15, 0.2) is 78.0 Å². The van der Waals surface area contributed by atoms with Crippen LogP contribution >= 0.6 is 0 Å². The van der Waals surface area contributed by atoms with Crippen LogP contribution in [-0.2, 0) is 4.79 Å². The van der Waals surface area contributed by atoms with Crippen LogP contribution in [0.5, 0.6) is 11.5 Å². The number of ketones is 2. The Morgan fingerprint density at radius 1 is 0.853 bits per heavy atom. The van der Waals surface area contributed by atoms with Crippen LogP contribution in [0.25, 0.3) is 0 Å². The number of nitrogens with one attached hydrogen (secondary N) is 2. The number of rotatable bonds is 5. The molecule has 0 radical (unpaired) electrons. The Kier molecular flexibility index (Phi) is 5.80. The number of anilines is 2. The van der Waals surface area contributed by atoms with E-state index in [0.29, 0.717) is 29.0 Å². The van der Waals surface area contributed by atoms with Crippen molar-refractivity contribution in [2.75, 3.05) is 24.9 Å². The highest BCUT2D eigenvalue weighted by atomic mass is 16.5. The number of methoxy groups -OCH3 is 2. The quantitative estimate of drug-likeness (QED) is 0.495. The summed E-state index contributed by atoms with van der Waals surface area (Å²) in [5, 5.41) is 7.03. The first-order valence-electron chi connectivity index (χ1n) is 11.3. The van der Waals surface area contributed by atoms with Crippen LogP contribution in [-0.4, -0.2) is 25.8 Å². The average molecular weight is 455 g/mol. The van der Waals surface area contributed by atoms with Gasteiger partial charge in [-0.1, -0.05) is 36.4 Å². The van der Waals surface area contributed by atoms with E-state index in [0.717, 1.165) is 41.1 Å². The molecule has 0 aromatic heterocycles. The van der Waals surface area contributed by atoms with Crippen molar-refractivity contribution < 1.29 is 19.1 Å². The van der Waals surface area contributed by atoms with E-state index >= 15 is 0 Å². The molecule has 5 rings (SSSR count). The fourth-order valence-corrected chi connectivity index (χ4v) is 4.67. The molecule has 0 amide bonds. The minimum atomic E-state index is -0.355. The van der Waals surface area contributed by atoms with Crippen molar-refractivity contribution in [2.45, 2.75) is 25.3 Å². The lowest BCUT2D eigenvalue weighted by atomic mass is 9.86. The Bertz CT molecular complexity index is 1300.